The lowest BCUT2D eigenvalue weighted by Crippen LogP contribution is -2.36. The van der Waals surface area contributed by atoms with Gasteiger partial charge in [0.15, 0.2) is 0 Å². The van der Waals surface area contributed by atoms with Crippen molar-refractivity contribution in [1.82, 2.24) is 10.6 Å². The fourth-order valence-electron chi connectivity index (χ4n) is 1.99. The van der Waals surface area contributed by atoms with E-state index in [1.807, 2.05) is 31.2 Å². The maximum absolute atomic E-state index is 12.0. The molecule has 114 valence electrons. The number of halogens is 1. The van der Waals surface area contributed by atoms with E-state index >= 15 is 0 Å². The average Bonchev–Trinajstić information content (AvgIpc) is 2.51. The molecule has 2 N–H and O–H groups in total. The highest BCUT2D eigenvalue weighted by molar-refractivity contribution is 6.30. The molecule has 0 atom stereocenters. The number of hydrogen-bond acceptors (Lipinski definition) is 2. The number of carbonyl (C=O) groups is 2. The van der Waals surface area contributed by atoms with Gasteiger partial charge in [0.05, 0.1) is 6.54 Å². The van der Waals surface area contributed by atoms with Gasteiger partial charge < -0.3 is 10.6 Å². The number of benzene rings is 2. The van der Waals surface area contributed by atoms with Gasteiger partial charge in [0, 0.05) is 17.1 Å². The third-order valence-corrected chi connectivity index (χ3v) is 3.41. The highest BCUT2D eigenvalue weighted by Crippen LogP contribution is 2.10. The molecule has 0 spiro atoms. The predicted molar refractivity (Wildman–Crippen MR) is 86.8 cm³/mol. The Bertz CT molecular complexity index is 686. The van der Waals surface area contributed by atoms with E-state index in [-0.39, 0.29) is 18.4 Å². The molecule has 0 bridgehead atoms. The number of amides is 2. The van der Waals surface area contributed by atoms with Gasteiger partial charge in [-0.25, -0.2) is 0 Å². The molecule has 2 amide bonds. The maximum atomic E-state index is 12.0. The minimum Gasteiger partial charge on any atom is -0.350 e. The highest BCUT2D eigenvalue weighted by atomic mass is 35.5. The van der Waals surface area contributed by atoms with Gasteiger partial charge in [0.2, 0.25) is 5.91 Å². The second kappa shape index (κ2) is 7.61. The van der Waals surface area contributed by atoms with Crippen LogP contribution in [0.5, 0.6) is 0 Å². The summed E-state index contributed by atoms with van der Waals surface area (Å²) in [6.07, 6.45) is 0. The van der Waals surface area contributed by atoms with Crippen molar-refractivity contribution >= 4 is 23.4 Å². The van der Waals surface area contributed by atoms with Crippen molar-refractivity contribution in [3.05, 3.63) is 70.2 Å². The van der Waals surface area contributed by atoms with Crippen LogP contribution in [0.15, 0.2) is 48.5 Å². The van der Waals surface area contributed by atoms with E-state index in [4.69, 9.17) is 11.6 Å². The molecule has 0 heterocycles. The van der Waals surface area contributed by atoms with Crippen molar-refractivity contribution < 1.29 is 9.59 Å². The molecule has 0 aliphatic carbocycles. The first-order chi connectivity index (χ1) is 10.6. The standard InChI is InChI=1S/C17H17ClN2O2/c1-12-5-2-3-8-15(12)17(22)20-11-16(21)19-10-13-6-4-7-14(18)9-13/h2-9H,10-11H2,1H3,(H,19,21)(H,20,22). The Labute approximate surface area is 134 Å². The minimum atomic E-state index is -0.254. The summed E-state index contributed by atoms with van der Waals surface area (Å²) in [5, 5.41) is 5.97. The Morgan fingerprint density at radius 3 is 2.55 bits per heavy atom. The summed E-state index contributed by atoms with van der Waals surface area (Å²) < 4.78 is 0. The predicted octanol–water partition coefficient (Wildman–Crippen LogP) is 2.69. The first kappa shape index (κ1) is 16.0. The Kier molecular flexibility index (Phi) is 5.55. The summed E-state index contributed by atoms with van der Waals surface area (Å²) in [5.41, 5.74) is 2.36. The zero-order chi connectivity index (χ0) is 15.9. The zero-order valence-electron chi connectivity index (χ0n) is 12.2. The molecule has 4 nitrogen and oxygen atoms in total. The molecule has 0 aromatic heterocycles. The van der Waals surface area contributed by atoms with Crippen molar-refractivity contribution in [2.45, 2.75) is 13.5 Å². The molecular formula is C17H17ClN2O2. The lowest BCUT2D eigenvalue weighted by Gasteiger charge is -2.08. The first-order valence-electron chi connectivity index (χ1n) is 6.91. The summed E-state index contributed by atoms with van der Waals surface area (Å²) in [4.78, 5) is 23.7. The van der Waals surface area contributed by atoms with Gasteiger partial charge in [-0.3, -0.25) is 9.59 Å². The Balaban J connectivity index is 1.81. The molecule has 22 heavy (non-hydrogen) atoms. The summed E-state index contributed by atoms with van der Waals surface area (Å²) in [5.74, 6) is -0.502. The second-order valence-corrected chi connectivity index (χ2v) is 5.34. The van der Waals surface area contributed by atoms with Crippen LogP contribution < -0.4 is 10.6 Å². The van der Waals surface area contributed by atoms with Crippen LogP contribution in [0.3, 0.4) is 0 Å². The van der Waals surface area contributed by atoms with E-state index in [9.17, 15) is 9.59 Å². The summed E-state index contributed by atoms with van der Waals surface area (Å²) in [7, 11) is 0. The SMILES string of the molecule is Cc1ccccc1C(=O)NCC(=O)NCc1cccc(Cl)c1. The van der Waals surface area contributed by atoms with Crippen molar-refractivity contribution in [2.24, 2.45) is 0 Å². The summed E-state index contributed by atoms with van der Waals surface area (Å²) >= 11 is 5.88. The van der Waals surface area contributed by atoms with Crippen LogP contribution in [0, 0.1) is 6.92 Å². The lowest BCUT2D eigenvalue weighted by atomic mass is 10.1. The largest absolute Gasteiger partial charge is 0.350 e. The van der Waals surface area contributed by atoms with Crippen LogP contribution in [-0.4, -0.2) is 18.4 Å². The normalized spacial score (nSPS) is 10.1. The maximum Gasteiger partial charge on any atom is 0.251 e. The van der Waals surface area contributed by atoms with Crippen molar-refractivity contribution in [1.29, 1.82) is 0 Å². The smallest absolute Gasteiger partial charge is 0.251 e. The van der Waals surface area contributed by atoms with Gasteiger partial charge in [-0.15, -0.1) is 0 Å². The quantitative estimate of drug-likeness (QED) is 0.891. The van der Waals surface area contributed by atoms with E-state index in [1.54, 1.807) is 24.3 Å². The van der Waals surface area contributed by atoms with E-state index in [1.165, 1.54) is 0 Å². The molecule has 0 fully saturated rings. The lowest BCUT2D eigenvalue weighted by molar-refractivity contribution is -0.120. The van der Waals surface area contributed by atoms with E-state index in [0.29, 0.717) is 17.1 Å². The first-order valence-corrected chi connectivity index (χ1v) is 7.29. The van der Waals surface area contributed by atoms with E-state index < -0.39 is 0 Å². The van der Waals surface area contributed by atoms with Gasteiger partial charge in [-0.2, -0.15) is 0 Å². The van der Waals surface area contributed by atoms with Gasteiger partial charge >= 0.3 is 0 Å². The Morgan fingerprint density at radius 1 is 1.05 bits per heavy atom. The van der Waals surface area contributed by atoms with Gasteiger partial charge in [0.1, 0.15) is 0 Å². The van der Waals surface area contributed by atoms with Crippen LogP contribution in [0.25, 0.3) is 0 Å². The second-order valence-electron chi connectivity index (χ2n) is 4.90. The number of rotatable bonds is 5. The van der Waals surface area contributed by atoms with Crippen LogP contribution in [-0.2, 0) is 11.3 Å². The molecule has 0 radical (unpaired) electrons. The van der Waals surface area contributed by atoms with Gasteiger partial charge in [0.25, 0.3) is 5.91 Å². The third kappa shape index (κ3) is 4.60. The minimum absolute atomic E-state index is 0.0618. The van der Waals surface area contributed by atoms with Crippen LogP contribution in [0.4, 0.5) is 0 Å². The molecule has 5 heteroatoms. The molecule has 0 saturated heterocycles. The molecule has 2 aromatic rings. The van der Waals surface area contributed by atoms with Crippen molar-refractivity contribution in [3.8, 4) is 0 Å². The topological polar surface area (TPSA) is 58.2 Å². The van der Waals surface area contributed by atoms with E-state index in [0.717, 1.165) is 11.1 Å². The molecule has 0 saturated carbocycles. The molecule has 0 unspecified atom stereocenters. The third-order valence-electron chi connectivity index (χ3n) is 3.18. The summed E-state index contributed by atoms with van der Waals surface area (Å²) in [6, 6.07) is 14.5. The molecular weight excluding hydrogens is 300 g/mol. The van der Waals surface area contributed by atoms with Crippen LogP contribution in [0.2, 0.25) is 5.02 Å². The number of carbonyl (C=O) groups excluding carboxylic acids is 2. The molecule has 2 aromatic carbocycles. The molecule has 0 aliphatic rings. The zero-order valence-corrected chi connectivity index (χ0v) is 13.0. The van der Waals surface area contributed by atoms with Crippen molar-refractivity contribution in [2.75, 3.05) is 6.54 Å². The van der Waals surface area contributed by atoms with Crippen LogP contribution >= 0.6 is 11.6 Å². The monoisotopic (exact) mass is 316 g/mol. The number of hydrogen-bond donors (Lipinski definition) is 2. The Morgan fingerprint density at radius 2 is 1.82 bits per heavy atom. The average molecular weight is 317 g/mol. The molecule has 2 rings (SSSR count). The molecule has 0 aliphatic heterocycles. The fourth-order valence-corrected chi connectivity index (χ4v) is 2.21. The van der Waals surface area contributed by atoms with Crippen LogP contribution in [0.1, 0.15) is 21.5 Å². The summed E-state index contributed by atoms with van der Waals surface area (Å²) in [6.45, 7) is 2.17. The number of nitrogens with one attached hydrogen (secondary N) is 2. The Hall–Kier alpha value is -2.33. The fraction of sp³-hybridized carbons (Fsp3) is 0.176. The van der Waals surface area contributed by atoms with Crippen molar-refractivity contribution in [3.63, 3.8) is 0 Å². The van der Waals surface area contributed by atoms with E-state index in [2.05, 4.69) is 10.6 Å². The highest BCUT2D eigenvalue weighted by Gasteiger charge is 2.09. The van der Waals surface area contributed by atoms with Gasteiger partial charge in [-0.05, 0) is 36.2 Å². The van der Waals surface area contributed by atoms with Gasteiger partial charge in [-0.1, -0.05) is 41.9 Å². The number of aryl methyl sites for hydroxylation is 1.